The normalized spacial score (nSPS) is 18.2. The van der Waals surface area contributed by atoms with Crippen LogP contribution in [0.25, 0.3) is 0 Å². The van der Waals surface area contributed by atoms with Gasteiger partial charge in [0.15, 0.2) is 0 Å². The predicted octanol–water partition coefficient (Wildman–Crippen LogP) is 3.01. The van der Waals surface area contributed by atoms with Crippen molar-refractivity contribution in [1.29, 1.82) is 0 Å². The summed E-state index contributed by atoms with van der Waals surface area (Å²) in [6.45, 7) is 6.83. The van der Waals surface area contributed by atoms with Gasteiger partial charge in [-0.25, -0.2) is 4.79 Å². The fourth-order valence-corrected chi connectivity index (χ4v) is 2.83. The van der Waals surface area contributed by atoms with Gasteiger partial charge in [0, 0.05) is 11.7 Å². The van der Waals surface area contributed by atoms with E-state index in [2.05, 4.69) is 24.2 Å². The van der Waals surface area contributed by atoms with Gasteiger partial charge in [0.2, 0.25) is 0 Å². The number of anilines is 1. The van der Waals surface area contributed by atoms with Gasteiger partial charge in [0.25, 0.3) is 0 Å². The summed E-state index contributed by atoms with van der Waals surface area (Å²) in [5.74, 6) is 0.457. The first kappa shape index (κ1) is 15.8. The van der Waals surface area contributed by atoms with Crippen molar-refractivity contribution < 1.29 is 9.53 Å². The average molecular weight is 290 g/mol. The Morgan fingerprint density at radius 2 is 1.95 bits per heavy atom. The van der Waals surface area contributed by atoms with Crippen molar-refractivity contribution in [2.45, 2.75) is 32.7 Å². The summed E-state index contributed by atoms with van der Waals surface area (Å²) in [6, 6.07) is 8.01. The van der Waals surface area contributed by atoms with E-state index in [0.29, 0.717) is 24.1 Å². The van der Waals surface area contributed by atoms with Crippen LogP contribution in [0.1, 0.15) is 37.0 Å². The first-order valence-electron chi connectivity index (χ1n) is 7.82. The second-order valence-electron chi connectivity index (χ2n) is 5.87. The quantitative estimate of drug-likeness (QED) is 0.846. The summed E-state index contributed by atoms with van der Waals surface area (Å²) >= 11 is 0. The molecule has 1 aliphatic rings. The average Bonchev–Trinajstić information content (AvgIpc) is 2.49. The van der Waals surface area contributed by atoms with Crippen LogP contribution < -0.4 is 5.32 Å². The van der Waals surface area contributed by atoms with Crippen LogP contribution in [0.4, 0.5) is 5.69 Å². The number of benzene rings is 1. The first-order valence-corrected chi connectivity index (χ1v) is 7.82. The van der Waals surface area contributed by atoms with Gasteiger partial charge in [-0.15, -0.1) is 0 Å². The number of hydrogen-bond acceptors (Lipinski definition) is 4. The standard InChI is InChI=1S/C17H26N2O2/c1-4-21-17(20)15-5-7-16(8-6-15)18-13(2)14-9-11-19(3)12-10-14/h5-8,13-14,18H,4,9-12H2,1-3H3. The number of esters is 1. The summed E-state index contributed by atoms with van der Waals surface area (Å²) in [6.07, 6.45) is 2.48. The molecule has 21 heavy (non-hydrogen) atoms. The van der Waals surface area contributed by atoms with Gasteiger partial charge in [-0.1, -0.05) is 0 Å². The number of piperidine rings is 1. The molecule has 1 aliphatic heterocycles. The number of carbonyl (C=O) groups is 1. The van der Waals surface area contributed by atoms with Crippen molar-refractivity contribution >= 4 is 11.7 Å². The molecule has 1 heterocycles. The molecule has 0 radical (unpaired) electrons. The van der Waals surface area contributed by atoms with Gasteiger partial charge in [-0.05, 0) is 77.0 Å². The Balaban J connectivity index is 1.89. The molecular formula is C17H26N2O2. The molecule has 1 atom stereocenters. The fraction of sp³-hybridized carbons (Fsp3) is 0.588. The lowest BCUT2D eigenvalue weighted by molar-refractivity contribution is 0.0526. The summed E-state index contributed by atoms with van der Waals surface area (Å²) in [5, 5.41) is 3.55. The maximum absolute atomic E-state index is 11.6. The second-order valence-corrected chi connectivity index (χ2v) is 5.87. The van der Waals surface area contributed by atoms with Crippen molar-refractivity contribution in [3.63, 3.8) is 0 Å². The van der Waals surface area contributed by atoms with E-state index < -0.39 is 0 Å². The number of likely N-dealkylation sites (tertiary alicyclic amines) is 1. The number of rotatable bonds is 5. The van der Waals surface area contributed by atoms with Crippen molar-refractivity contribution in [3.05, 3.63) is 29.8 Å². The van der Waals surface area contributed by atoms with Gasteiger partial charge in [-0.2, -0.15) is 0 Å². The maximum Gasteiger partial charge on any atom is 0.338 e. The molecule has 116 valence electrons. The van der Waals surface area contributed by atoms with Crippen LogP contribution in [0.3, 0.4) is 0 Å². The summed E-state index contributed by atoms with van der Waals surface area (Å²) in [4.78, 5) is 14.0. The molecule has 0 aliphatic carbocycles. The van der Waals surface area contributed by atoms with E-state index in [4.69, 9.17) is 4.74 Å². The minimum Gasteiger partial charge on any atom is -0.462 e. The molecule has 4 heteroatoms. The Bertz CT molecular complexity index is 450. The molecule has 1 aromatic carbocycles. The molecule has 2 rings (SSSR count). The summed E-state index contributed by atoms with van der Waals surface area (Å²) in [5.41, 5.74) is 1.67. The van der Waals surface area contributed by atoms with Crippen LogP contribution in [-0.2, 0) is 4.74 Å². The van der Waals surface area contributed by atoms with E-state index in [-0.39, 0.29) is 5.97 Å². The van der Waals surface area contributed by atoms with Crippen LogP contribution in [0, 0.1) is 5.92 Å². The number of ether oxygens (including phenoxy) is 1. The highest BCUT2D eigenvalue weighted by Crippen LogP contribution is 2.22. The Labute approximate surface area is 127 Å². The van der Waals surface area contributed by atoms with E-state index >= 15 is 0 Å². The lowest BCUT2D eigenvalue weighted by Gasteiger charge is -2.33. The third-order valence-electron chi connectivity index (χ3n) is 4.26. The number of carbonyl (C=O) groups excluding carboxylic acids is 1. The maximum atomic E-state index is 11.6. The van der Waals surface area contributed by atoms with E-state index in [1.807, 2.05) is 31.2 Å². The highest BCUT2D eigenvalue weighted by atomic mass is 16.5. The third-order valence-corrected chi connectivity index (χ3v) is 4.26. The number of hydrogen-bond donors (Lipinski definition) is 1. The zero-order valence-corrected chi connectivity index (χ0v) is 13.3. The van der Waals surface area contributed by atoms with Crippen LogP contribution in [-0.4, -0.2) is 43.7 Å². The van der Waals surface area contributed by atoms with Crippen molar-refractivity contribution in [2.24, 2.45) is 5.92 Å². The molecule has 4 nitrogen and oxygen atoms in total. The van der Waals surface area contributed by atoms with E-state index in [9.17, 15) is 4.79 Å². The van der Waals surface area contributed by atoms with Crippen LogP contribution >= 0.6 is 0 Å². The molecular weight excluding hydrogens is 264 g/mol. The minimum absolute atomic E-state index is 0.257. The molecule has 0 saturated carbocycles. The second kappa shape index (κ2) is 7.46. The van der Waals surface area contributed by atoms with Gasteiger partial charge in [-0.3, -0.25) is 0 Å². The smallest absolute Gasteiger partial charge is 0.338 e. The first-order chi connectivity index (χ1) is 10.1. The molecule has 0 spiro atoms. The van der Waals surface area contributed by atoms with Gasteiger partial charge >= 0.3 is 5.97 Å². The van der Waals surface area contributed by atoms with Crippen molar-refractivity contribution in [1.82, 2.24) is 4.90 Å². The van der Waals surface area contributed by atoms with Gasteiger partial charge < -0.3 is 15.0 Å². The zero-order valence-electron chi connectivity index (χ0n) is 13.3. The summed E-state index contributed by atoms with van der Waals surface area (Å²) < 4.78 is 4.99. The number of nitrogens with one attached hydrogen (secondary N) is 1. The van der Waals surface area contributed by atoms with Gasteiger partial charge in [0.1, 0.15) is 0 Å². The molecule has 1 saturated heterocycles. The van der Waals surface area contributed by atoms with E-state index in [1.165, 1.54) is 25.9 Å². The Kier molecular flexibility index (Phi) is 5.62. The lowest BCUT2D eigenvalue weighted by Crippen LogP contribution is -2.37. The monoisotopic (exact) mass is 290 g/mol. The SMILES string of the molecule is CCOC(=O)c1ccc(NC(C)C2CCN(C)CC2)cc1. The van der Waals surface area contributed by atoms with Crippen LogP contribution in [0.5, 0.6) is 0 Å². The Morgan fingerprint density at radius 3 is 2.52 bits per heavy atom. The molecule has 0 bridgehead atoms. The third kappa shape index (κ3) is 4.46. The van der Waals surface area contributed by atoms with Crippen LogP contribution in [0.2, 0.25) is 0 Å². The molecule has 1 fully saturated rings. The van der Waals surface area contributed by atoms with E-state index in [1.54, 1.807) is 0 Å². The number of nitrogens with zero attached hydrogens (tertiary/aromatic N) is 1. The van der Waals surface area contributed by atoms with Crippen LogP contribution in [0.15, 0.2) is 24.3 Å². The Hall–Kier alpha value is -1.55. The molecule has 1 unspecified atom stereocenters. The van der Waals surface area contributed by atoms with E-state index in [0.717, 1.165) is 5.69 Å². The topological polar surface area (TPSA) is 41.6 Å². The molecule has 0 aromatic heterocycles. The molecule has 0 amide bonds. The molecule has 1 aromatic rings. The van der Waals surface area contributed by atoms with Crippen molar-refractivity contribution in [3.8, 4) is 0 Å². The van der Waals surface area contributed by atoms with Crippen molar-refractivity contribution in [2.75, 3.05) is 32.1 Å². The highest BCUT2D eigenvalue weighted by molar-refractivity contribution is 5.89. The van der Waals surface area contributed by atoms with Gasteiger partial charge in [0.05, 0.1) is 12.2 Å². The summed E-state index contributed by atoms with van der Waals surface area (Å²) in [7, 11) is 2.18. The minimum atomic E-state index is -0.257. The Morgan fingerprint density at radius 1 is 1.33 bits per heavy atom. The lowest BCUT2D eigenvalue weighted by atomic mass is 9.90. The fourth-order valence-electron chi connectivity index (χ4n) is 2.83. The molecule has 1 N–H and O–H groups in total. The largest absolute Gasteiger partial charge is 0.462 e. The highest BCUT2D eigenvalue weighted by Gasteiger charge is 2.22. The zero-order chi connectivity index (χ0) is 15.2. The predicted molar refractivity (Wildman–Crippen MR) is 85.7 cm³/mol.